The summed E-state index contributed by atoms with van der Waals surface area (Å²) in [6, 6.07) is 12.5. The highest BCUT2D eigenvalue weighted by atomic mass is 16.6. The van der Waals surface area contributed by atoms with Crippen LogP contribution in [0.3, 0.4) is 0 Å². The molecule has 130 valence electrons. The fourth-order valence-corrected chi connectivity index (χ4v) is 2.49. The second kappa shape index (κ2) is 6.47. The van der Waals surface area contributed by atoms with Crippen molar-refractivity contribution in [2.24, 2.45) is 0 Å². The summed E-state index contributed by atoms with van der Waals surface area (Å²) in [6.07, 6.45) is 1.24. The first-order valence-electron chi connectivity index (χ1n) is 8.04. The zero-order valence-corrected chi connectivity index (χ0v) is 14.5. The number of amides is 1. The first-order valence-corrected chi connectivity index (χ1v) is 8.04. The highest BCUT2D eigenvalue weighted by Crippen LogP contribution is 2.26. The van der Waals surface area contributed by atoms with Crippen LogP contribution in [0.5, 0.6) is 5.75 Å². The molecule has 0 unspecified atom stereocenters. The Kier molecular flexibility index (Phi) is 4.35. The van der Waals surface area contributed by atoms with Gasteiger partial charge in [0.05, 0.1) is 18.3 Å². The Balaban J connectivity index is 1.98. The first kappa shape index (κ1) is 16.8. The molecule has 0 fully saturated rings. The Morgan fingerprint density at radius 3 is 2.72 bits per heavy atom. The smallest absolute Gasteiger partial charge is 0.415 e. The summed E-state index contributed by atoms with van der Waals surface area (Å²) >= 11 is 0. The number of nitrogens with zero attached hydrogens (tertiary/aromatic N) is 2. The molecule has 2 N–H and O–H groups in total. The van der Waals surface area contributed by atoms with Crippen LogP contribution in [-0.2, 0) is 11.3 Å². The van der Waals surface area contributed by atoms with Gasteiger partial charge < -0.3 is 9.84 Å². The third-order valence-electron chi connectivity index (χ3n) is 3.67. The average molecular weight is 339 g/mol. The molecule has 0 aliphatic heterocycles. The van der Waals surface area contributed by atoms with Gasteiger partial charge in [0.2, 0.25) is 0 Å². The van der Waals surface area contributed by atoms with Crippen LogP contribution in [0.1, 0.15) is 26.3 Å². The number of aromatic amines is 1. The molecule has 1 amide bonds. The van der Waals surface area contributed by atoms with E-state index in [1.165, 1.54) is 4.90 Å². The second-order valence-corrected chi connectivity index (χ2v) is 6.84. The van der Waals surface area contributed by atoms with Crippen molar-refractivity contribution in [2.45, 2.75) is 32.9 Å². The van der Waals surface area contributed by atoms with Crippen LogP contribution in [-0.4, -0.2) is 27.0 Å². The minimum Gasteiger partial charge on any atom is -0.508 e. The van der Waals surface area contributed by atoms with Crippen LogP contribution in [0, 0.1) is 0 Å². The van der Waals surface area contributed by atoms with Gasteiger partial charge in [-0.05, 0) is 45.0 Å². The van der Waals surface area contributed by atoms with Crippen LogP contribution in [0.25, 0.3) is 10.9 Å². The van der Waals surface area contributed by atoms with E-state index in [1.54, 1.807) is 24.4 Å². The fourth-order valence-electron chi connectivity index (χ4n) is 2.49. The van der Waals surface area contributed by atoms with E-state index in [2.05, 4.69) is 10.2 Å². The molecule has 3 aromatic rings. The van der Waals surface area contributed by atoms with E-state index in [0.717, 1.165) is 10.9 Å². The molecule has 25 heavy (non-hydrogen) atoms. The highest BCUT2D eigenvalue weighted by Gasteiger charge is 2.24. The van der Waals surface area contributed by atoms with Gasteiger partial charge in [-0.3, -0.25) is 10.00 Å². The number of hydrogen-bond acceptors (Lipinski definition) is 4. The van der Waals surface area contributed by atoms with Gasteiger partial charge >= 0.3 is 6.09 Å². The number of carbonyl (C=O) groups is 1. The van der Waals surface area contributed by atoms with Crippen LogP contribution in [0.4, 0.5) is 10.5 Å². The summed E-state index contributed by atoms with van der Waals surface area (Å²) in [4.78, 5) is 14.2. The molecule has 0 saturated carbocycles. The van der Waals surface area contributed by atoms with Gasteiger partial charge in [0, 0.05) is 16.6 Å². The van der Waals surface area contributed by atoms with E-state index < -0.39 is 11.7 Å². The number of H-pyrrole nitrogens is 1. The highest BCUT2D eigenvalue weighted by molar-refractivity contribution is 5.91. The Hall–Kier alpha value is -3.02. The molecule has 0 bridgehead atoms. The molecule has 0 atom stereocenters. The van der Waals surface area contributed by atoms with E-state index in [-0.39, 0.29) is 12.3 Å². The Labute approximate surface area is 146 Å². The number of hydrogen-bond donors (Lipinski definition) is 2. The summed E-state index contributed by atoms with van der Waals surface area (Å²) in [5.41, 5.74) is 1.50. The normalized spacial score (nSPS) is 11.5. The summed E-state index contributed by atoms with van der Waals surface area (Å²) in [5, 5.41) is 17.9. The number of fused-ring (bicyclic) bond motifs is 1. The lowest BCUT2D eigenvalue weighted by atomic mass is 10.1. The Morgan fingerprint density at radius 2 is 2.00 bits per heavy atom. The molecule has 0 radical (unpaired) electrons. The van der Waals surface area contributed by atoms with Gasteiger partial charge in [0.25, 0.3) is 0 Å². The van der Waals surface area contributed by atoms with E-state index in [0.29, 0.717) is 11.3 Å². The Morgan fingerprint density at radius 1 is 1.24 bits per heavy atom. The number of para-hydroxylation sites is 1. The number of anilines is 1. The van der Waals surface area contributed by atoms with Crippen molar-refractivity contribution in [1.29, 1.82) is 0 Å². The number of ether oxygens (including phenoxy) is 1. The first-order chi connectivity index (χ1) is 11.8. The molecule has 0 saturated heterocycles. The molecule has 3 rings (SSSR count). The van der Waals surface area contributed by atoms with Crippen molar-refractivity contribution < 1.29 is 14.6 Å². The number of rotatable bonds is 3. The van der Waals surface area contributed by atoms with E-state index in [1.807, 2.05) is 45.0 Å². The molecule has 1 aromatic heterocycles. The number of aromatic hydroxyl groups is 1. The molecule has 0 aliphatic carbocycles. The number of benzene rings is 2. The van der Waals surface area contributed by atoms with Crippen molar-refractivity contribution in [1.82, 2.24) is 10.2 Å². The lowest BCUT2D eigenvalue weighted by molar-refractivity contribution is 0.0577. The summed E-state index contributed by atoms with van der Waals surface area (Å²) in [5.74, 6) is 0.138. The summed E-state index contributed by atoms with van der Waals surface area (Å²) in [6.45, 7) is 5.66. The quantitative estimate of drug-likeness (QED) is 0.749. The SMILES string of the molecule is CC(C)(C)OC(=O)N(Cc1ccccc1O)c1ccc2cn[nH]c2c1. The standard InChI is InChI=1S/C19H21N3O3/c1-19(2,3)25-18(24)22(12-14-6-4-5-7-17(14)23)15-9-8-13-11-20-21-16(13)10-15/h4-11,23H,12H2,1-3H3,(H,20,21). The monoisotopic (exact) mass is 339 g/mol. The van der Waals surface area contributed by atoms with Crippen molar-refractivity contribution in [3.8, 4) is 5.75 Å². The van der Waals surface area contributed by atoms with Crippen LogP contribution >= 0.6 is 0 Å². The maximum absolute atomic E-state index is 12.7. The predicted molar refractivity (Wildman–Crippen MR) is 96.6 cm³/mol. The van der Waals surface area contributed by atoms with Gasteiger partial charge in [-0.1, -0.05) is 18.2 Å². The van der Waals surface area contributed by atoms with E-state index in [9.17, 15) is 9.90 Å². The van der Waals surface area contributed by atoms with E-state index >= 15 is 0 Å². The zero-order chi connectivity index (χ0) is 18.0. The number of aromatic nitrogens is 2. The van der Waals surface area contributed by atoms with Crippen LogP contribution in [0.15, 0.2) is 48.7 Å². The molecule has 2 aromatic carbocycles. The number of phenolic OH excluding ortho intramolecular Hbond substituents is 1. The van der Waals surface area contributed by atoms with Gasteiger partial charge in [-0.25, -0.2) is 4.79 Å². The molecule has 6 nitrogen and oxygen atoms in total. The Bertz CT molecular complexity index is 896. The minimum absolute atomic E-state index is 0.138. The molecule has 0 spiro atoms. The maximum Gasteiger partial charge on any atom is 0.415 e. The molecule has 6 heteroatoms. The number of nitrogens with one attached hydrogen (secondary N) is 1. The molecular formula is C19H21N3O3. The van der Waals surface area contributed by atoms with Crippen LogP contribution in [0.2, 0.25) is 0 Å². The lowest BCUT2D eigenvalue weighted by Crippen LogP contribution is -2.36. The average Bonchev–Trinajstić information content (AvgIpc) is 2.99. The summed E-state index contributed by atoms with van der Waals surface area (Å²) in [7, 11) is 0. The largest absolute Gasteiger partial charge is 0.508 e. The van der Waals surface area contributed by atoms with Crippen molar-refractivity contribution in [2.75, 3.05) is 4.90 Å². The van der Waals surface area contributed by atoms with Gasteiger partial charge in [0.1, 0.15) is 11.4 Å². The minimum atomic E-state index is -0.619. The van der Waals surface area contributed by atoms with Crippen molar-refractivity contribution in [3.05, 3.63) is 54.2 Å². The van der Waals surface area contributed by atoms with E-state index in [4.69, 9.17) is 4.74 Å². The molecule has 0 aliphatic rings. The van der Waals surface area contributed by atoms with Crippen molar-refractivity contribution in [3.63, 3.8) is 0 Å². The topological polar surface area (TPSA) is 78.4 Å². The fraction of sp³-hybridized carbons (Fsp3) is 0.263. The third-order valence-corrected chi connectivity index (χ3v) is 3.67. The van der Waals surface area contributed by atoms with Crippen LogP contribution < -0.4 is 4.90 Å². The second-order valence-electron chi connectivity index (χ2n) is 6.84. The summed E-state index contributed by atoms with van der Waals surface area (Å²) < 4.78 is 5.54. The third kappa shape index (κ3) is 3.91. The maximum atomic E-state index is 12.7. The molecular weight excluding hydrogens is 318 g/mol. The van der Waals surface area contributed by atoms with Gasteiger partial charge in [0.15, 0.2) is 0 Å². The lowest BCUT2D eigenvalue weighted by Gasteiger charge is -2.27. The van der Waals surface area contributed by atoms with Crippen molar-refractivity contribution >= 4 is 22.7 Å². The zero-order valence-electron chi connectivity index (χ0n) is 14.5. The predicted octanol–water partition coefficient (Wildman–Crippen LogP) is 4.21. The van der Waals surface area contributed by atoms with Gasteiger partial charge in [-0.15, -0.1) is 0 Å². The van der Waals surface area contributed by atoms with Gasteiger partial charge in [-0.2, -0.15) is 5.10 Å². The number of carbonyl (C=O) groups excluding carboxylic acids is 1. The number of phenols is 1. The molecule has 1 heterocycles.